The maximum atomic E-state index is 8.11. The van der Waals surface area contributed by atoms with Crippen molar-refractivity contribution in [3.05, 3.63) is 29.6 Å². The van der Waals surface area contributed by atoms with Gasteiger partial charge in [-0.1, -0.05) is 0 Å². The molecular weight excluding hydrogens is 110 g/mol. The normalized spacial score (nSPS) is 6.50. The molecule has 0 aromatic carbocycles. The summed E-state index contributed by atoms with van der Waals surface area (Å²) in [5.41, 5.74) is 0. The topological polar surface area (TPSA) is 62.8 Å². The Labute approximate surface area is 45.7 Å². The smallest absolute Gasteiger partial charge is 0.152 e. The average molecular weight is 115 g/mol. The molecule has 0 amide bonds. The molecule has 0 saturated carbocycles. The van der Waals surface area contributed by atoms with Gasteiger partial charge >= 0.3 is 0 Å². The molecule has 0 aliphatic rings. The average Bonchev–Trinajstić information content (AvgIpc) is 2.17. The van der Waals surface area contributed by atoms with Gasteiger partial charge in [-0.25, -0.2) is 0 Å². The summed E-state index contributed by atoms with van der Waals surface area (Å²) >= 11 is 0. The third-order valence-corrected chi connectivity index (χ3v) is 0.425. The van der Waals surface area contributed by atoms with E-state index in [-0.39, 0.29) is 0 Å². The van der Waals surface area contributed by atoms with Crippen LogP contribution in [0.25, 0.3) is 0 Å². The SMILES string of the molecule is O=NO.c1ccoc1. The molecule has 0 unspecified atom stereocenters. The first-order valence-corrected chi connectivity index (χ1v) is 1.85. The molecule has 0 bridgehead atoms. The molecule has 0 aliphatic heterocycles. The number of furan rings is 1. The van der Waals surface area contributed by atoms with E-state index < -0.39 is 0 Å². The van der Waals surface area contributed by atoms with Gasteiger partial charge in [0, 0.05) is 0 Å². The monoisotopic (exact) mass is 115 g/mol. The van der Waals surface area contributed by atoms with Gasteiger partial charge in [-0.2, -0.15) is 0 Å². The van der Waals surface area contributed by atoms with Crippen LogP contribution in [0.15, 0.2) is 34.4 Å². The second-order valence-corrected chi connectivity index (χ2v) is 0.875. The molecular formula is C4H5NO3. The lowest BCUT2D eigenvalue weighted by Crippen LogP contribution is -1.25. The van der Waals surface area contributed by atoms with Crippen molar-refractivity contribution >= 4 is 0 Å². The molecule has 0 fully saturated rings. The first-order chi connectivity index (χ1) is 3.91. The van der Waals surface area contributed by atoms with Crippen LogP contribution in [0.3, 0.4) is 0 Å². The molecule has 0 aliphatic carbocycles. The molecule has 0 spiro atoms. The minimum absolute atomic E-state index is 1.25. The highest BCUT2D eigenvalue weighted by atomic mass is 16.6. The summed E-state index contributed by atoms with van der Waals surface area (Å²) in [6.45, 7) is 0. The number of rotatable bonds is 0. The van der Waals surface area contributed by atoms with Crippen LogP contribution >= 0.6 is 0 Å². The summed E-state index contributed by atoms with van der Waals surface area (Å²) < 4.78 is 4.58. The highest BCUT2D eigenvalue weighted by Gasteiger charge is 1.58. The van der Waals surface area contributed by atoms with E-state index in [2.05, 4.69) is 4.42 Å². The van der Waals surface area contributed by atoms with Gasteiger partial charge in [0.2, 0.25) is 0 Å². The standard InChI is InChI=1S/C4H4O.HNO2/c1-2-4-5-3-1;2-1-3/h1-4H;(H,2,3). The summed E-state index contributed by atoms with van der Waals surface area (Å²) in [5, 5.41) is 7.89. The van der Waals surface area contributed by atoms with Crippen LogP contribution < -0.4 is 0 Å². The van der Waals surface area contributed by atoms with Crippen molar-refractivity contribution in [1.82, 2.24) is 0 Å². The largest absolute Gasteiger partial charge is 0.473 e. The van der Waals surface area contributed by atoms with E-state index in [1.54, 1.807) is 12.5 Å². The second kappa shape index (κ2) is 5.68. The fourth-order valence-corrected chi connectivity index (χ4v) is 0.227. The van der Waals surface area contributed by atoms with Gasteiger partial charge in [-0.05, 0) is 12.1 Å². The molecule has 1 heterocycles. The number of hydrogen-bond donors (Lipinski definition) is 1. The molecule has 4 heteroatoms. The van der Waals surface area contributed by atoms with Crippen LogP contribution in [0.1, 0.15) is 0 Å². The van der Waals surface area contributed by atoms with Crippen LogP contribution in [0.5, 0.6) is 0 Å². The molecule has 1 aromatic heterocycles. The highest BCUT2D eigenvalue weighted by molar-refractivity contribution is 4.79. The first-order valence-electron chi connectivity index (χ1n) is 1.85. The molecule has 8 heavy (non-hydrogen) atoms. The summed E-state index contributed by atoms with van der Waals surface area (Å²) in [7, 11) is 0. The summed E-state index contributed by atoms with van der Waals surface area (Å²) in [5.74, 6) is 0. The maximum Gasteiger partial charge on any atom is 0.152 e. The van der Waals surface area contributed by atoms with Crippen molar-refractivity contribution < 1.29 is 9.62 Å². The van der Waals surface area contributed by atoms with Gasteiger partial charge in [0.05, 0.1) is 12.5 Å². The summed E-state index contributed by atoms with van der Waals surface area (Å²) in [4.78, 5) is 8.11. The Hall–Kier alpha value is -1.32. The van der Waals surface area contributed by atoms with Crippen molar-refractivity contribution in [2.24, 2.45) is 5.34 Å². The van der Waals surface area contributed by atoms with Crippen LogP contribution in [-0.2, 0) is 0 Å². The van der Waals surface area contributed by atoms with Gasteiger partial charge in [-0.15, -0.1) is 4.91 Å². The third-order valence-electron chi connectivity index (χ3n) is 0.425. The fourth-order valence-electron chi connectivity index (χ4n) is 0.227. The molecule has 0 atom stereocenters. The maximum absolute atomic E-state index is 8.11. The van der Waals surface area contributed by atoms with Gasteiger partial charge < -0.3 is 9.62 Å². The predicted octanol–water partition coefficient (Wildman–Crippen LogP) is 1.42. The van der Waals surface area contributed by atoms with Crippen molar-refractivity contribution in [3.63, 3.8) is 0 Å². The Morgan fingerprint density at radius 2 is 1.75 bits per heavy atom. The van der Waals surface area contributed by atoms with Crippen LogP contribution in [0.4, 0.5) is 0 Å². The van der Waals surface area contributed by atoms with Crippen molar-refractivity contribution in [1.29, 1.82) is 0 Å². The van der Waals surface area contributed by atoms with E-state index in [9.17, 15) is 0 Å². The Bertz CT molecular complexity index is 97.6. The molecule has 4 nitrogen and oxygen atoms in total. The quantitative estimate of drug-likeness (QED) is 0.410. The van der Waals surface area contributed by atoms with Gasteiger partial charge in [-0.3, -0.25) is 0 Å². The zero-order chi connectivity index (χ0) is 6.24. The third kappa shape index (κ3) is 4.68. The van der Waals surface area contributed by atoms with Crippen molar-refractivity contribution in [2.45, 2.75) is 0 Å². The Balaban J connectivity index is 0.000000145. The molecule has 1 N–H and O–H groups in total. The van der Waals surface area contributed by atoms with E-state index in [4.69, 9.17) is 10.1 Å². The van der Waals surface area contributed by atoms with Crippen LogP contribution in [0.2, 0.25) is 0 Å². The van der Waals surface area contributed by atoms with E-state index >= 15 is 0 Å². The molecule has 0 radical (unpaired) electrons. The van der Waals surface area contributed by atoms with Crippen LogP contribution in [0, 0.1) is 4.91 Å². The fraction of sp³-hybridized carbons (Fsp3) is 0. The lowest BCUT2D eigenvalue weighted by Gasteiger charge is -1.50. The second-order valence-electron chi connectivity index (χ2n) is 0.875. The zero-order valence-electron chi connectivity index (χ0n) is 4.02. The highest BCUT2D eigenvalue weighted by Crippen LogP contribution is 1.79. The first kappa shape index (κ1) is 6.68. The minimum atomic E-state index is 1.25. The van der Waals surface area contributed by atoms with Crippen molar-refractivity contribution in [3.8, 4) is 0 Å². The Morgan fingerprint density at radius 3 is 1.88 bits per heavy atom. The Morgan fingerprint density at radius 1 is 1.38 bits per heavy atom. The molecule has 0 saturated heterocycles. The number of nitrogens with zero attached hydrogens (tertiary/aromatic N) is 1. The summed E-state index contributed by atoms with van der Waals surface area (Å²) in [6.07, 6.45) is 3.25. The van der Waals surface area contributed by atoms with Gasteiger partial charge in [0.25, 0.3) is 0 Å². The van der Waals surface area contributed by atoms with E-state index in [0.29, 0.717) is 0 Å². The van der Waals surface area contributed by atoms with E-state index in [1.165, 1.54) is 5.34 Å². The number of hydrogen-bond acceptors (Lipinski definition) is 3. The van der Waals surface area contributed by atoms with E-state index in [1.807, 2.05) is 12.1 Å². The molecule has 1 aromatic rings. The van der Waals surface area contributed by atoms with Crippen LogP contribution in [-0.4, -0.2) is 5.21 Å². The Kier molecular flexibility index (Phi) is 4.74. The lowest BCUT2D eigenvalue weighted by atomic mass is 10.7. The molecule has 1 rings (SSSR count). The lowest BCUT2D eigenvalue weighted by molar-refractivity contribution is 0.312. The minimum Gasteiger partial charge on any atom is -0.473 e. The zero-order valence-corrected chi connectivity index (χ0v) is 4.02. The molecule has 44 valence electrons. The van der Waals surface area contributed by atoms with E-state index in [0.717, 1.165) is 0 Å². The van der Waals surface area contributed by atoms with Gasteiger partial charge in [0.1, 0.15) is 0 Å². The predicted molar refractivity (Wildman–Crippen MR) is 26.3 cm³/mol. The van der Waals surface area contributed by atoms with Crippen molar-refractivity contribution in [2.75, 3.05) is 0 Å². The van der Waals surface area contributed by atoms with Gasteiger partial charge in [0.15, 0.2) is 5.34 Å². The summed E-state index contributed by atoms with van der Waals surface area (Å²) in [6, 6.07) is 3.67.